The molecule has 6 aromatic rings. The first-order valence-corrected chi connectivity index (χ1v) is 17.3. The molecule has 0 aliphatic carbocycles. The second-order valence-electron chi connectivity index (χ2n) is 12.1. The number of ether oxygens (including phenoxy) is 2. The smallest absolute Gasteiger partial charge is 0.226 e. The van der Waals surface area contributed by atoms with Gasteiger partial charge in [0.25, 0.3) is 0 Å². The minimum absolute atomic E-state index is 0.0793. The number of imidazole rings is 2. The molecule has 8 heterocycles. The van der Waals surface area contributed by atoms with Gasteiger partial charge in [-0.05, 0) is 53.9 Å². The number of aliphatic hydroxyl groups excluding tert-OH is 4. The molecule has 53 heavy (non-hydrogen) atoms. The largest absolute Gasteiger partial charge is 0.387 e. The first kappa shape index (κ1) is 35.2. The summed E-state index contributed by atoms with van der Waals surface area (Å²) in [6.45, 7) is 5.42. The van der Waals surface area contributed by atoms with E-state index in [2.05, 4.69) is 71.4 Å². The Morgan fingerprint density at radius 1 is 0.660 bits per heavy atom. The van der Waals surface area contributed by atoms with Crippen LogP contribution in [0.5, 0.6) is 0 Å². The molecule has 0 unspecified atom stereocenters. The molecule has 8 atom stereocenters. The Bertz CT molecular complexity index is 2090. The third-order valence-corrected chi connectivity index (χ3v) is 9.10. The maximum absolute atomic E-state index is 10.9. The highest BCUT2D eigenvalue weighted by atomic mass is 35.5. The lowest BCUT2D eigenvalue weighted by Crippen LogP contribution is -2.29. The van der Waals surface area contributed by atoms with Gasteiger partial charge in [0.2, 0.25) is 22.2 Å². The lowest BCUT2D eigenvalue weighted by atomic mass is 10.1. The van der Waals surface area contributed by atoms with Crippen LogP contribution in [0.4, 0.5) is 11.6 Å². The molecule has 2 saturated heterocycles. The predicted molar refractivity (Wildman–Crippen MR) is 179 cm³/mol. The highest BCUT2D eigenvalue weighted by molar-refractivity contribution is 6.29. The summed E-state index contributed by atoms with van der Waals surface area (Å²) in [5.41, 5.74) is 1.24. The van der Waals surface area contributed by atoms with Crippen LogP contribution >= 0.6 is 23.2 Å². The number of anilines is 2. The average molecular weight is 776 g/mol. The molecule has 280 valence electrons. The summed E-state index contributed by atoms with van der Waals surface area (Å²) < 4.78 is 14.9. The molecular weight excluding hydrogens is 743 g/mol. The van der Waals surface area contributed by atoms with Crippen LogP contribution in [0.1, 0.15) is 56.6 Å². The van der Waals surface area contributed by atoms with Crippen LogP contribution in [0, 0.1) is 0 Å². The second kappa shape index (κ2) is 14.2. The Balaban J connectivity index is 0.927. The van der Waals surface area contributed by atoms with Crippen molar-refractivity contribution in [2.45, 2.75) is 82.4 Å². The van der Waals surface area contributed by atoms with E-state index in [-0.39, 0.29) is 33.5 Å². The summed E-state index contributed by atoms with van der Waals surface area (Å²) in [6.07, 6.45) is -6.25. The molecular formula is C27H32Cl2N18O6. The van der Waals surface area contributed by atoms with Gasteiger partial charge >= 0.3 is 0 Å². The predicted octanol–water partition coefficient (Wildman–Crippen LogP) is -0.816. The topological polar surface area (TPSA) is 298 Å². The zero-order valence-electron chi connectivity index (χ0n) is 27.8. The number of halogens is 2. The number of hydrogen-bond acceptors (Lipinski definition) is 20. The van der Waals surface area contributed by atoms with E-state index in [4.69, 9.17) is 32.7 Å². The summed E-state index contributed by atoms with van der Waals surface area (Å²) in [4.78, 5) is 28.7. The summed E-state index contributed by atoms with van der Waals surface area (Å²) in [5.74, 6) is 0.944. The number of nitrogens with zero attached hydrogens (tertiary/aromatic N) is 16. The molecule has 0 bridgehead atoms. The highest BCUT2D eigenvalue weighted by Crippen LogP contribution is 2.40. The maximum Gasteiger partial charge on any atom is 0.226 e. The number of aromatic nitrogens is 16. The molecule has 2 fully saturated rings. The Hall–Kier alpha value is -4.82. The fourth-order valence-electron chi connectivity index (χ4n) is 6.11. The summed E-state index contributed by atoms with van der Waals surface area (Å²) >= 11 is 12.6. The second-order valence-corrected chi connectivity index (χ2v) is 12.7. The molecule has 6 N–H and O–H groups in total. The van der Waals surface area contributed by atoms with E-state index in [9.17, 15) is 20.4 Å². The fraction of sp³-hybridized carbons (Fsp3) is 0.556. The lowest BCUT2D eigenvalue weighted by molar-refractivity contribution is -0.0384. The minimum atomic E-state index is -1.36. The van der Waals surface area contributed by atoms with E-state index in [1.807, 2.05) is 13.8 Å². The van der Waals surface area contributed by atoms with Gasteiger partial charge in [-0.15, -0.1) is 20.4 Å². The summed E-state index contributed by atoms with van der Waals surface area (Å²) in [6, 6.07) is 0. The van der Waals surface area contributed by atoms with E-state index in [1.54, 1.807) is 0 Å². The number of hydrogen-bond donors (Lipinski definition) is 6. The Morgan fingerprint density at radius 2 is 1.09 bits per heavy atom. The van der Waals surface area contributed by atoms with Crippen molar-refractivity contribution < 1.29 is 29.9 Å². The molecule has 0 spiro atoms. The molecule has 0 radical (unpaired) electrons. The number of nitrogens with one attached hydrogen (secondary N) is 2. The minimum Gasteiger partial charge on any atom is -0.387 e. The van der Waals surface area contributed by atoms with Crippen molar-refractivity contribution in [1.82, 2.24) is 79.5 Å². The van der Waals surface area contributed by atoms with Crippen LogP contribution in [0.15, 0.2) is 12.7 Å². The number of aryl methyl sites for hydroxylation is 2. The monoisotopic (exact) mass is 774 g/mol. The Kier molecular flexibility index (Phi) is 9.44. The van der Waals surface area contributed by atoms with Gasteiger partial charge in [-0.3, -0.25) is 9.13 Å². The number of aliphatic hydroxyl groups is 4. The van der Waals surface area contributed by atoms with E-state index < -0.39 is 49.1 Å². The van der Waals surface area contributed by atoms with Crippen LogP contribution in [0.2, 0.25) is 10.6 Å². The van der Waals surface area contributed by atoms with Crippen molar-refractivity contribution in [2.75, 3.05) is 23.7 Å². The van der Waals surface area contributed by atoms with Crippen molar-refractivity contribution in [3.63, 3.8) is 0 Å². The van der Waals surface area contributed by atoms with E-state index in [0.717, 1.165) is 0 Å². The van der Waals surface area contributed by atoms with Crippen LogP contribution in [0.3, 0.4) is 0 Å². The number of rotatable bonds is 12. The van der Waals surface area contributed by atoms with Crippen LogP contribution in [-0.4, -0.2) is 137 Å². The molecule has 24 nitrogen and oxygen atoms in total. The van der Waals surface area contributed by atoms with Gasteiger partial charge < -0.3 is 40.5 Å². The van der Waals surface area contributed by atoms with Gasteiger partial charge in [-0.25, -0.2) is 9.97 Å². The van der Waals surface area contributed by atoms with Gasteiger partial charge in [-0.1, -0.05) is 0 Å². The molecule has 2 aliphatic rings. The van der Waals surface area contributed by atoms with E-state index in [1.165, 1.54) is 31.4 Å². The SMILES string of the molecule is CCn1nnc([C@H]2O[C@@H](n3cnc4c(NCCCNc5nc(Cl)nc6c5ncn6[C@@H]5O[C@H](c6nnn(CC)n6)[C@@H](O)[C@H]5O)nc(Cl)nc43)[C@H](O)[C@@H]2O)n1. The highest BCUT2D eigenvalue weighted by Gasteiger charge is 2.48. The third-order valence-electron chi connectivity index (χ3n) is 8.76. The van der Waals surface area contributed by atoms with Gasteiger partial charge in [0, 0.05) is 13.1 Å². The van der Waals surface area contributed by atoms with E-state index in [0.29, 0.717) is 55.3 Å². The average Bonchev–Trinajstić information content (AvgIpc) is 4.01. The molecule has 0 saturated carbocycles. The molecule has 6 aromatic heterocycles. The quantitative estimate of drug-likeness (QED) is 0.0654. The molecule has 0 aromatic carbocycles. The van der Waals surface area contributed by atoms with Crippen LogP contribution < -0.4 is 10.6 Å². The van der Waals surface area contributed by atoms with Crippen molar-refractivity contribution in [2.24, 2.45) is 0 Å². The molecule has 2 aliphatic heterocycles. The molecule has 26 heteroatoms. The van der Waals surface area contributed by atoms with E-state index >= 15 is 0 Å². The normalized spacial score (nSPS) is 26.0. The van der Waals surface area contributed by atoms with Crippen molar-refractivity contribution in [3.05, 3.63) is 34.9 Å². The summed E-state index contributed by atoms with van der Waals surface area (Å²) in [5, 5.41) is 73.5. The Morgan fingerprint density at radius 3 is 1.49 bits per heavy atom. The first-order valence-electron chi connectivity index (χ1n) is 16.5. The van der Waals surface area contributed by atoms with Gasteiger partial charge in [0.05, 0.1) is 25.7 Å². The lowest BCUT2D eigenvalue weighted by Gasteiger charge is -2.16. The standard InChI is InChI=1S/C27H32Cl2N18O6/c1-3-46-40-20(38-42-46)16-12(48)14(50)24(52-16)44-8-32-10-18(34-26(28)36-22(10)44)30-6-5-7-31-19-11-23(37-27(29)35-19)45(9-33-11)25-15(51)13(49)17(53-25)21-39-43-47(4-2)41-21/h8-9,12-17,24-25,48-51H,3-7H2,1-2H3,(H,30,34,36)(H,31,35,37)/t12-,13-,14+,15+,16-,17-,24+,25+/m0/s1. The van der Waals surface area contributed by atoms with Crippen LogP contribution in [-0.2, 0) is 22.6 Å². The Labute approximate surface area is 307 Å². The van der Waals surface area contributed by atoms with Crippen molar-refractivity contribution in [1.29, 1.82) is 0 Å². The van der Waals surface area contributed by atoms with Crippen molar-refractivity contribution in [3.8, 4) is 0 Å². The van der Waals surface area contributed by atoms with Gasteiger partial charge in [0.15, 0.2) is 58.6 Å². The summed E-state index contributed by atoms with van der Waals surface area (Å²) in [7, 11) is 0. The molecule has 8 rings (SSSR count). The van der Waals surface area contributed by atoms with Crippen molar-refractivity contribution >= 4 is 57.2 Å². The first-order chi connectivity index (χ1) is 25.6. The maximum atomic E-state index is 10.9. The number of fused-ring (bicyclic) bond motifs is 2. The van der Waals surface area contributed by atoms with Gasteiger partial charge in [-0.2, -0.15) is 29.5 Å². The molecule has 0 amide bonds. The zero-order chi connectivity index (χ0) is 37.0. The fourth-order valence-corrected chi connectivity index (χ4v) is 6.44. The van der Waals surface area contributed by atoms with Crippen LogP contribution in [0.25, 0.3) is 22.3 Å². The van der Waals surface area contributed by atoms with Gasteiger partial charge in [0.1, 0.15) is 24.4 Å². The third kappa shape index (κ3) is 6.35. The number of tetrazole rings is 2. The zero-order valence-corrected chi connectivity index (χ0v) is 29.3.